The zero-order valence-corrected chi connectivity index (χ0v) is 16.3. The van der Waals surface area contributed by atoms with Crippen LogP contribution < -0.4 is 10.1 Å². The SMILES string of the molecule is N#Cc1cccc(OCC2(CNC3CC3)CCN(CC3(C(=O)O)CC3)CC2)c1. The van der Waals surface area contributed by atoms with Gasteiger partial charge in [-0.3, -0.25) is 4.79 Å². The van der Waals surface area contributed by atoms with Crippen molar-refractivity contribution < 1.29 is 14.6 Å². The van der Waals surface area contributed by atoms with Crippen LogP contribution in [0.15, 0.2) is 24.3 Å². The number of aliphatic carboxylic acids is 1. The molecule has 1 aromatic rings. The molecule has 6 nitrogen and oxygen atoms in total. The van der Waals surface area contributed by atoms with Crippen molar-refractivity contribution in [3.8, 4) is 11.8 Å². The van der Waals surface area contributed by atoms with Crippen LogP contribution in [-0.2, 0) is 4.79 Å². The van der Waals surface area contributed by atoms with E-state index < -0.39 is 11.4 Å². The normalized spacial score (nSPS) is 23.0. The quantitative estimate of drug-likeness (QED) is 0.682. The molecule has 150 valence electrons. The third kappa shape index (κ3) is 4.48. The van der Waals surface area contributed by atoms with Crippen LogP contribution in [0.5, 0.6) is 5.75 Å². The molecule has 1 aliphatic heterocycles. The molecule has 0 bridgehead atoms. The Morgan fingerprint density at radius 2 is 2.04 bits per heavy atom. The summed E-state index contributed by atoms with van der Waals surface area (Å²) in [5.41, 5.74) is 0.184. The third-order valence-electron chi connectivity index (χ3n) is 6.60. The van der Waals surface area contributed by atoms with E-state index in [-0.39, 0.29) is 5.41 Å². The summed E-state index contributed by atoms with van der Waals surface area (Å²) in [5, 5.41) is 22.2. The minimum Gasteiger partial charge on any atom is -0.493 e. The van der Waals surface area contributed by atoms with E-state index in [1.54, 1.807) is 12.1 Å². The molecule has 1 aromatic carbocycles. The zero-order valence-electron chi connectivity index (χ0n) is 16.3. The van der Waals surface area contributed by atoms with E-state index in [1.165, 1.54) is 12.8 Å². The first kappa shape index (κ1) is 19.2. The smallest absolute Gasteiger partial charge is 0.310 e. The third-order valence-corrected chi connectivity index (χ3v) is 6.60. The number of ether oxygens (including phenoxy) is 1. The van der Waals surface area contributed by atoms with Gasteiger partial charge >= 0.3 is 5.97 Å². The molecule has 1 saturated heterocycles. The fraction of sp³-hybridized carbons (Fsp3) is 0.636. The second-order valence-corrected chi connectivity index (χ2v) is 8.95. The second kappa shape index (κ2) is 7.73. The minimum atomic E-state index is -0.638. The first-order valence-corrected chi connectivity index (χ1v) is 10.3. The Balaban J connectivity index is 1.36. The Hall–Kier alpha value is -2.10. The number of piperidine rings is 1. The molecule has 4 rings (SSSR count). The predicted molar refractivity (Wildman–Crippen MR) is 105 cm³/mol. The summed E-state index contributed by atoms with van der Waals surface area (Å²) < 4.78 is 6.13. The first-order chi connectivity index (χ1) is 13.5. The summed E-state index contributed by atoms with van der Waals surface area (Å²) in [6, 6.07) is 10.1. The molecule has 2 saturated carbocycles. The average molecular weight is 383 g/mol. The van der Waals surface area contributed by atoms with Gasteiger partial charge in [0.1, 0.15) is 5.75 Å². The average Bonchev–Trinajstić information content (AvgIpc) is 3.62. The monoisotopic (exact) mass is 383 g/mol. The fourth-order valence-corrected chi connectivity index (χ4v) is 4.12. The van der Waals surface area contributed by atoms with Crippen LogP contribution >= 0.6 is 0 Å². The van der Waals surface area contributed by atoms with Gasteiger partial charge in [0.2, 0.25) is 0 Å². The molecule has 0 atom stereocenters. The van der Waals surface area contributed by atoms with E-state index in [9.17, 15) is 9.90 Å². The van der Waals surface area contributed by atoms with Crippen LogP contribution in [0.1, 0.15) is 44.1 Å². The van der Waals surface area contributed by atoms with Gasteiger partial charge < -0.3 is 20.1 Å². The number of benzene rings is 1. The maximum atomic E-state index is 11.5. The number of carboxylic acids is 1. The lowest BCUT2D eigenvalue weighted by molar-refractivity contribution is -0.144. The Kier molecular flexibility index (Phi) is 5.31. The van der Waals surface area contributed by atoms with Gasteiger partial charge in [0.15, 0.2) is 0 Å². The number of rotatable bonds is 9. The van der Waals surface area contributed by atoms with Crippen LogP contribution in [0.2, 0.25) is 0 Å². The van der Waals surface area contributed by atoms with Gasteiger partial charge in [0.25, 0.3) is 0 Å². The molecule has 2 aliphatic carbocycles. The number of carboxylic acid groups (broad SMARTS) is 1. The number of carbonyl (C=O) groups is 1. The van der Waals surface area contributed by atoms with E-state index in [0.717, 1.165) is 51.1 Å². The van der Waals surface area contributed by atoms with Crippen molar-refractivity contribution >= 4 is 5.97 Å². The van der Waals surface area contributed by atoms with E-state index >= 15 is 0 Å². The van der Waals surface area contributed by atoms with E-state index in [2.05, 4.69) is 16.3 Å². The summed E-state index contributed by atoms with van der Waals surface area (Å²) >= 11 is 0. The summed E-state index contributed by atoms with van der Waals surface area (Å²) in [5.74, 6) is 0.107. The Labute approximate surface area is 166 Å². The molecule has 28 heavy (non-hydrogen) atoms. The predicted octanol–water partition coefficient (Wildman–Crippen LogP) is 2.64. The van der Waals surface area contributed by atoms with Crippen molar-refractivity contribution in [2.45, 2.75) is 44.6 Å². The Morgan fingerprint density at radius 1 is 1.29 bits per heavy atom. The Bertz CT molecular complexity index is 757. The molecule has 0 spiro atoms. The summed E-state index contributed by atoms with van der Waals surface area (Å²) in [7, 11) is 0. The highest BCUT2D eigenvalue weighted by molar-refractivity contribution is 5.78. The number of hydrogen-bond donors (Lipinski definition) is 2. The van der Waals surface area contributed by atoms with Crippen LogP contribution in [-0.4, -0.2) is 54.8 Å². The van der Waals surface area contributed by atoms with Crippen molar-refractivity contribution in [3.63, 3.8) is 0 Å². The highest BCUT2D eigenvalue weighted by atomic mass is 16.5. The molecule has 0 unspecified atom stereocenters. The van der Waals surface area contributed by atoms with Gasteiger partial charge in [-0.05, 0) is 69.8 Å². The number of hydrogen-bond acceptors (Lipinski definition) is 5. The van der Waals surface area contributed by atoms with E-state index in [0.29, 0.717) is 24.8 Å². The van der Waals surface area contributed by atoms with Gasteiger partial charge in [-0.25, -0.2) is 0 Å². The number of nitrogens with zero attached hydrogens (tertiary/aromatic N) is 2. The minimum absolute atomic E-state index is 0.0572. The standard InChI is InChI=1S/C22H29N3O3/c23-13-17-2-1-3-19(12-17)28-16-21(14-24-18-4-5-18)8-10-25(11-9-21)15-22(6-7-22)20(26)27/h1-3,12,18,24H,4-11,14-16H2,(H,26,27). The molecule has 1 heterocycles. The molecule has 2 N–H and O–H groups in total. The lowest BCUT2D eigenvalue weighted by atomic mass is 9.78. The van der Waals surface area contributed by atoms with E-state index in [4.69, 9.17) is 10.00 Å². The van der Waals surface area contributed by atoms with E-state index in [1.807, 2.05) is 12.1 Å². The van der Waals surface area contributed by atoms with Crippen molar-refractivity contribution in [3.05, 3.63) is 29.8 Å². The lowest BCUT2D eigenvalue weighted by Crippen LogP contribution is -2.50. The second-order valence-electron chi connectivity index (χ2n) is 8.95. The van der Waals surface area contributed by atoms with Crippen LogP contribution in [0, 0.1) is 22.2 Å². The van der Waals surface area contributed by atoms with Crippen LogP contribution in [0.3, 0.4) is 0 Å². The van der Waals surface area contributed by atoms with Crippen LogP contribution in [0.4, 0.5) is 0 Å². The van der Waals surface area contributed by atoms with Crippen molar-refractivity contribution in [1.82, 2.24) is 10.2 Å². The highest BCUT2D eigenvalue weighted by Gasteiger charge is 2.51. The topological polar surface area (TPSA) is 85.6 Å². The first-order valence-electron chi connectivity index (χ1n) is 10.3. The zero-order chi connectivity index (χ0) is 19.6. The van der Waals surface area contributed by atoms with Gasteiger partial charge in [-0.2, -0.15) is 5.26 Å². The highest BCUT2D eigenvalue weighted by Crippen LogP contribution is 2.47. The Morgan fingerprint density at radius 3 is 2.64 bits per heavy atom. The van der Waals surface area contributed by atoms with Gasteiger partial charge in [0.05, 0.1) is 23.7 Å². The molecule has 0 amide bonds. The van der Waals surface area contributed by atoms with Gasteiger partial charge in [-0.15, -0.1) is 0 Å². The van der Waals surface area contributed by atoms with Gasteiger partial charge in [0, 0.05) is 24.5 Å². The number of likely N-dealkylation sites (tertiary alicyclic amines) is 1. The van der Waals surface area contributed by atoms with Crippen LogP contribution in [0.25, 0.3) is 0 Å². The molecular weight excluding hydrogens is 354 g/mol. The maximum absolute atomic E-state index is 11.5. The number of nitrogens with one attached hydrogen (secondary N) is 1. The maximum Gasteiger partial charge on any atom is 0.310 e. The molecule has 3 fully saturated rings. The van der Waals surface area contributed by atoms with Gasteiger partial charge in [-0.1, -0.05) is 6.07 Å². The molecular formula is C22H29N3O3. The molecule has 3 aliphatic rings. The molecule has 0 radical (unpaired) electrons. The lowest BCUT2D eigenvalue weighted by Gasteiger charge is -2.42. The van der Waals surface area contributed by atoms with Crippen molar-refractivity contribution in [2.75, 3.05) is 32.8 Å². The van der Waals surface area contributed by atoms with Crippen molar-refractivity contribution in [1.29, 1.82) is 5.26 Å². The fourth-order valence-electron chi connectivity index (χ4n) is 4.12. The van der Waals surface area contributed by atoms with Crippen molar-refractivity contribution in [2.24, 2.45) is 10.8 Å². The summed E-state index contributed by atoms with van der Waals surface area (Å²) in [6.07, 6.45) is 6.14. The molecule has 0 aromatic heterocycles. The largest absolute Gasteiger partial charge is 0.493 e. The summed E-state index contributed by atoms with van der Waals surface area (Å²) in [4.78, 5) is 13.8. The molecule has 6 heteroatoms. The summed E-state index contributed by atoms with van der Waals surface area (Å²) in [6.45, 7) is 4.08. The number of nitriles is 1.